The summed E-state index contributed by atoms with van der Waals surface area (Å²) in [5.74, 6) is 0.855. The Morgan fingerprint density at radius 3 is 2.62 bits per heavy atom. The predicted octanol–water partition coefficient (Wildman–Crippen LogP) is 3.67. The first-order valence-corrected chi connectivity index (χ1v) is 6.80. The van der Waals surface area contributed by atoms with E-state index in [1.807, 2.05) is 25.1 Å². The molecule has 0 aliphatic rings. The minimum atomic E-state index is -0.258. The molecule has 0 aliphatic heterocycles. The van der Waals surface area contributed by atoms with Gasteiger partial charge in [-0.15, -0.1) is 0 Å². The number of amides is 1. The van der Waals surface area contributed by atoms with Crippen LogP contribution in [0.2, 0.25) is 5.02 Å². The summed E-state index contributed by atoms with van der Waals surface area (Å²) in [5.41, 5.74) is 1.61. The van der Waals surface area contributed by atoms with Crippen molar-refractivity contribution in [2.75, 3.05) is 19.0 Å². The van der Waals surface area contributed by atoms with Crippen molar-refractivity contribution in [1.82, 2.24) is 0 Å². The van der Waals surface area contributed by atoms with Gasteiger partial charge in [0.2, 0.25) is 0 Å². The van der Waals surface area contributed by atoms with Gasteiger partial charge in [-0.25, -0.2) is 0 Å². The Bertz CT molecular complexity index is 643. The van der Waals surface area contributed by atoms with E-state index in [4.69, 9.17) is 21.1 Å². The zero-order valence-electron chi connectivity index (χ0n) is 11.9. The Kier molecular flexibility index (Phi) is 5.06. The second-order valence-corrected chi connectivity index (χ2v) is 4.88. The number of methoxy groups -OCH3 is 1. The number of halogens is 1. The average Bonchev–Trinajstić information content (AvgIpc) is 2.49. The third kappa shape index (κ3) is 4.13. The Labute approximate surface area is 128 Å². The summed E-state index contributed by atoms with van der Waals surface area (Å²) < 4.78 is 10.6. The fourth-order valence-corrected chi connectivity index (χ4v) is 1.97. The number of carbonyl (C=O) groups is 1. The van der Waals surface area contributed by atoms with E-state index in [1.54, 1.807) is 31.4 Å². The van der Waals surface area contributed by atoms with Crippen LogP contribution in [0.1, 0.15) is 5.56 Å². The highest BCUT2D eigenvalue weighted by molar-refractivity contribution is 6.31. The molecule has 0 atom stereocenters. The van der Waals surface area contributed by atoms with Gasteiger partial charge < -0.3 is 14.8 Å². The van der Waals surface area contributed by atoms with Crippen molar-refractivity contribution >= 4 is 23.2 Å². The third-order valence-corrected chi connectivity index (χ3v) is 3.14. The first-order chi connectivity index (χ1) is 10.1. The molecule has 0 aliphatic carbocycles. The lowest BCUT2D eigenvalue weighted by Gasteiger charge is -2.11. The quantitative estimate of drug-likeness (QED) is 0.916. The lowest BCUT2D eigenvalue weighted by molar-refractivity contribution is -0.118. The molecule has 1 N–H and O–H groups in total. The van der Waals surface area contributed by atoms with Crippen LogP contribution >= 0.6 is 11.6 Å². The summed E-state index contributed by atoms with van der Waals surface area (Å²) in [7, 11) is 1.55. The van der Waals surface area contributed by atoms with E-state index in [1.165, 1.54) is 0 Å². The van der Waals surface area contributed by atoms with Gasteiger partial charge in [0.1, 0.15) is 0 Å². The number of benzene rings is 2. The van der Waals surface area contributed by atoms with Crippen molar-refractivity contribution < 1.29 is 14.3 Å². The molecule has 0 aromatic heterocycles. The summed E-state index contributed by atoms with van der Waals surface area (Å²) >= 11 is 5.91. The normalized spacial score (nSPS) is 10.0. The van der Waals surface area contributed by atoms with Gasteiger partial charge in [-0.3, -0.25) is 4.79 Å². The van der Waals surface area contributed by atoms with Gasteiger partial charge in [0.15, 0.2) is 18.1 Å². The van der Waals surface area contributed by atoms with Crippen LogP contribution in [-0.4, -0.2) is 19.6 Å². The molecule has 0 unspecified atom stereocenters. The molecule has 4 nitrogen and oxygen atoms in total. The molecule has 2 aromatic carbocycles. The second-order valence-electron chi connectivity index (χ2n) is 4.45. The molecule has 1 amide bonds. The number of hydrogen-bond donors (Lipinski definition) is 1. The van der Waals surface area contributed by atoms with Gasteiger partial charge in [-0.1, -0.05) is 29.8 Å². The SMILES string of the molecule is COc1ccccc1OCC(=O)Nc1cc(Cl)ccc1C. The van der Waals surface area contributed by atoms with Gasteiger partial charge in [0.25, 0.3) is 5.91 Å². The minimum absolute atomic E-state index is 0.105. The maximum Gasteiger partial charge on any atom is 0.262 e. The fraction of sp³-hybridized carbons (Fsp3) is 0.188. The highest BCUT2D eigenvalue weighted by Gasteiger charge is 2.08. The minimum Gasteiger partial charge on any atom is -0.493 e. The Morgan fingerprint density at radius 2 is 1.90 bits per heavy atom. The number of rotatable bonds is 5. The summed E-state index contributed by atoms with van der Waals surface area (Å²) in [6, 6.07) is 12.5. The first kappa shape index (κ1) is 15.2. The van der Waals surface area contributed by atoms with Crippen molar-refractivity contribution in [3.8, 4) is 11.5 Å². The second kappa shape index (κ2) is 6.99. The van der Waals surface area contributed by atoms with Gasteiger partial charge >= 0.3 is 0 Å². The van der Waals surface area contributed by atoms with Crippen LogP contribution in [0.3, 0.4) is 0 Å². The van der Waals surface area contributed by atoms with E-state index in [0.717, 1.165) is 5.56 Å². The van der Waals surface area contributed by atoms with Crippen molar-refractivity contribution in [3.63, 3.8) is 0 Å². The Balaban J connectivity index is 1.97. The van der Waals surface area contributed by atoms with Crippen molar-refractivity contribution in [2.45, 2.75) is 6.92 Å². The Hall–Kier alpha value is -2.20. The maximum atomic E-state index is 11.9. The number of aryl methyl sites for hydroxylation is 1. The lowest BCUT2D eigenvalue weighted by Crippen LogP contribution is -2.20. The van der Waals surface area contributed by atoms with Crippen LogP contribution in [-0.2, 0) is 4.79 Å². The van der Waals surface area contributed by atoms with Gasteiger partial charge in [0.05, 0.1) is 7.11 Å². The number of nitrogens with one attached hydrogen (secondary N) is 1. The van der Waals surface area contributed by atoms with Crippen molar-refractivity contribution in [1.29, 1.82) is 0 Å². The molecular formula is C16H16ClNO3. The monoisotopic (exact) mass is 305 g/mol. The molecule has 0 saturated carbocycles. The smallest absolute Gasteiger partial charge is 0.262 e. The molecule has 2 aromatic rings. The number of para-hydroxylation sites is 2. The van der Waals surface area contributed by atoms with Crippen LogP contribution in [0.4, 0.5) is 5.69 Å². The van der Waals surface area contributed by atoms with E-state index in [9.17, 15) is 4.79 Å². The average molecular weight is 306 g/mol. The van der Waals surface area contributed by atoms with Gasteiger partial charge in [-0.05, 0) is 36.8 Å². The first-order valence-electron chi connectivity index (χ1n) is 6.42. The topological polar surface area (TPSA) is 47.6 Å². The number of hydrogen-bond acceptors (Lipinski definition) is 3. The summed E-state index contributed by atoms with van der Waals surface area (Å²) in [5, 5.41) is 3.34. The molecule has 2 rings (SSSR count). The van der Waals surface area contributed by atoms with Gasteiger partial charge in [0, 0.05) is 10.7 Å². The highest BCUT2D eigenvalue weighted by atomic mass is 35.5. The Morgan fingerprint density at radius 1 is 1.19 bits per heavy atom. The summed E-state index contributed by atoms with van der Waals surface area (Å²) in [4.78, 5) is 11.9. The number of anilines is 1. The van der Waals surface area contributed by atoms with Crippen LogP contribution in [0.5, 0.6) is 11.5 Å². The van der Waals surface area contributed by atoms with E-state index < -0.39 is 0 Å². The fourth-order valence-electron chi connectivity index (χ4n) is 1.80. The maximum absolute atomic E-state index is 11.9. The van der Waals surface area contributed by atoms with E-state index in [2.05, 4.69) is 5.32 Å². The van der Waals surface area contributed by atoms with E-state index >= 15 is 0 Å². The molecule has 21 heavy (non-hydrogen) atoms. The summed E-state index contributed by atoms with van der Waals surface area (Å²) in [6.07, 6.45) is 0. The molecule has 0 spiro atoms. The molecule has 0 heterocycles. The summed E-state index contributed by atoms with van der Waals surface area (Å²) in [6.45, 7) is 1.79. The van der Waals surface area contributed by atoms with Crippen molar-refractivity contribution in [3.05, 3.63) is 53.1 Å². The van der Waals surface area contributed by atoms with E-state index in [-0.39, 0.29) is 12.5 Å². The molecule has 5 heteroatoms. The van der Waals surface area contributed by atoms with Crippen molar-refractivity contribution in [2.24, 2.45) is 0 Å². The van der Waals surface area contributed by atoms with Crippen LogP contribution in [0, 0.1) is 6.92 Å². The van der Waals surface area contributed by atoms with Crippen LogP contribution < -0.4 is 14.8 Å². The van der Waals surface area contributed by atoms with E-state index in [0.29, 0.717) is 22.2 Å². The molecule has 0 saturated heterocycles. The molecular weight excluding hydrogens is 290 g/mol. The number of carbonyl (C=O) groups excluding carboxylic acids is 1. The largest absolute Gasteiger partial charge is 0.493 e. The molecule has 0 bridgehead atoms. The van der Waals surface area contributed by atoms with Crippen LogP contribution in [0.25, 0.3) is 0 Å². The predicted molar refractivity (Wildman–Crippen MR) is 83.3 cm³/mol. The molecule has 110 valence electrons. The number of ether oxygens (including phenoxy) is 2. The van der Waals surface area contributed by atoms with Crippen LogP contribution in [0.15, 0.2) is 42.5 Å². The lowest BCUT2D eigenvalue weighted by atomic mass is 10.2. The zero-order chi connectivity index (χ0) is 15.2. The highest BCUT2D eigenvalue weighted by Crippen LogP contribution is 2.26. The standard InChI is InChI=1S/C16H16ClNO3/c1-11-7-8-12(17)9-13(11)18-16(19)10-21-15-6-4-3-5-14(15)20-2/h3-9H,10H2,1-2H3,(H,18,19). The zero-order valence-corrected chi connectivity index (χ0v) is 12.6. The van der Waals surface area contributed by atoms with Gasteiger partial charge in [-0.2, -0.15) is 0 Å². The molecule has 0 radical (unpaired) electrons. The third-order valence-electron chi connectivity index (χ3n) is 2.90. The molecule has 0 fully saturated rings.